The Morgan fingerprint density at radius 1 is 0.788 bits per heavy atom. The van der Waals surface area contributed by atoms with Crippen molar-refractivity contribution < 1.29 is 14.0 Å². The summed E-state index contributed by atoms with van der Waals surface area (Å²) >= 11 is 0. The molecule has 0 amide bonds. The molecule has 174 valence electrons. The first-order chi connectivity index (χ1) is 15.9. The van der Waals surface area contributed by atoms with Gasteiger partial charge < -0.3 is 9.16 Å². The number of rotatable bonds is 11. The molecular formula is C29H36O3Si. The molecule has 0 aliphatic rings. The summed E-state index contributed by atoms with van der Waals surface area (Å²) in [6.07, 6.45) is 2.62. The van der Waals surface area contributed by atoms with Crippen molar-refractivity contribution in [3.63, 3.8) is 0 Å². The van der Waals surface area contributed by atoms with Crippen LogP contribution in [0.15, 0.2) is 84.9 Å². The summed E-state index contributed by atoms with van der Waals surface area (Å²) in [4.78, 5) is 12.5. The molecule has 0 spiro atoms. The summed E-state index contributed by atoms with van der Waals surface area (Å²) < 4.78 is 12.1. The fourth-order valence-corrected chi connectivity index (χ4v) is 9.06. The maximum atomic E-state index is 12.5. The number of hydrogen-bond donors (Lipinski definition) is 0. The van der Waals surface area contributed by atoms with Gasteiger partial charge in [0.15, 0.2) is 0 Å². The van der Waals surface area contributed by atoms with Crippen LogP contribution < -0.4 is 15.1 Å². The van der Waals surface area contributed by atoms with Crippen LogP contribution in [0.4, 0.5) is 0 Å². The number of benzene rings is 3. The number of ether oxygens (including phenoxy) is 1. The van der Waals surface area contributed by atoms with Crippen LogP contribution in [0.25, 0.3) is 0 Å². The lowest BCUT2D eigenvalue weighted by molar-refractivity contribution is -0.119. The molecule has 0 aromatic heterocycles. The second-order valence-electron chi connectivity index (χ2n) is 9.50. The predicted octanol–water partition coefficient (Wildman–Crippen LogP) is 5.55. The van der Waals surface area contributed by atoms with Gasteiger partial charge in [-0.25, -0.2) is 0 Å². The molecule has 0 saturated carbocycles. The Balaban J connectivity index is 1.64. The average Bonchev–Trinajstić information content (AvgIpc) is 2.83. The average molecular weight is 461 g/mol. The molecule has 0 radical (unpaired) electrons. The maximum Gasteiger partial charge on any atom is 0.261 e. The number of carbonyl (C=O) groups is 1. The molecule has 33 heavy (non-hydrogen) atoms. The Kier molecular flexibility index (Phi) is 8.65. The third-order valence-corrected chi connectivity index (χ3v) is 11.2. The molecule has 0 atom stereocenters. The van der Waals surface area contributed by atoms with Gasteiger partial charge in [-0.15, -0.1) is 0 Å². The zero-order valence-corrected chi connectivity index (χ0v) is 21.3. The van der Waals surface area contributed by atoms with E-state index in [1.165, 1.54) is 10.4 Å². The molecular weight excluding hydrogens is 424 g/mol. The van der Waals surface area contributed by atoms with Crippen molar-refractivity contribution in [2.75, 3.05) is 13.7 Å². The quantitative estimate of drug-likeness (QED) is 0.278. The molecule has 0 heterocycles. The Morgan fingerprint density at radius 3 is 1.82 bits per heavy atom. The molecule has 0 fully saturated rings. The van der Waals surface area contributed by atoms with E-state index in [2.05, 4.69) is 81.4 Å². The van der Waals surface area contributed by atoms with Gasteiger partial charge in [-0.2, -0.15) is 0 Å². The molecule has 3 aromatic rings. The summed E-state index contributed by atoms with van der Waals surface area (Å²) in [6, 6.07) is 29.2. The highest BCUT2D eigenvalue weighted by molar-refractivity contribution is 6.99. The Hall–Kier alpha value is -2.69. The molecule has 3 nitrogen and oxygen atoms in total. The van der Waals surface area contributed by atoms with E-state index in [1.807, 2.05) is 24.3 Å². The van der Waals surface area contributed by atoms with Crippen LogP contribution in [-0.4, -0.2) is 27.8 Å². The number of carbonyl (C=O) groups excluding carboxylic acids is 1. The number of Topliss-reactive ketones (excluding diaryl/α,β-unsaturated/α-hetero) is 1. The summed E-state index contributed by atoms with van der Waals surface area (Å²) in [7, 11) is -0.865. The van der Waals surface area contributed by atoms with Crippen molar-refractivity contribution in [2.45, 2.75) is 51.5 Å². The van der Waals surface area contributed by atoms with Gasteiger partial charge in [0.05, 0.1) is 7.11 Å². The minimum absolute atomic E-state index is 0.0475. The second-order valence-corrected chi connectivity index (χ2v) is 13.8. The molecule has 0 aliphatic heterocycles. The van der Waals surface area contributed by atoms with Gasteiger partial charge in [-0.05, 0) is 45.9 Å². The number of hydrogen-bond acceptors (Lipinski definition) is 3. The SMILES string of the molecule is COc1ccc(CCC(=O)CCCO[Si](c2ccccc2)(c2ccccc2)C(C)(C)C)cc1. The number of aryl methyl sites for hydroxylation is 1. The third-order valence-electron chi connectivity index (χ3n) is 6.19. The van der Waals surface area contributed by atoms with Crippen molar-refractivity contribution >= 4 is 24.5 Å². The van der Waals surface area contributed by atoms with Gasteiger partial charge in [-0.1, -0.05) is 93.6 Å². The smallest absolute Gasteiger partial charge is 0.261 e. The summed E-state index contributed by atoms with van der Waals surface area (Å²) in [6.45, 7) is 7.42. The van der Waals surface area contributed by atoms with Crippen LogP contribution in [0.3, 0.4) is 0 Å². The van der Waals surface area contributed by atoms with E-state index in [1.54, 1.807) is 7.11 Å². The van der Waals surface area contributed by atoms with Crippen molar-refractivity contribution in [2.24, 2.45) is 0 Å². The summed E-state index contributed by atoms with van der Waals surface area (Å²) in [5.74, 6) is 1.13. The Morgan fingerprint density at radius 2 is 1.33 bits per heavy atom. The zero-order valence-electron chi connectivity index (χ0n) is 20.3. The van der Waals surface area contributed by atoms with E-state index in [9.17, 15) is 4.79 Å². The fourth-order valence-electron chi connectivity index (χ4n) is 4.46. The highest BCUT2D eigenvalue weighted by Crippen LogP contribution is 2.36. The first kappa shape index (κ1) is 24.9. The first-order valence-electron chi connectivity index (χ1n) is 11.8. The van der Waals surface area contributed by atoms with Gasteiger partial charge in [0.1, 0.15) is 11.5 Å². The first-order valence-corrected chi connectivity index (χ1v) is 13.7. The highest BCUT2D eigenvalue weighted by Gasteiger charge is 2.49. The molecule has 0 N–H and O–H groups in total. The van der Waals surface area contributed by atoms with Crippen molar-refractivity contribution in [1.29, 1.82) is 0 Å². The van der Waals surface area contributed by atoms with Crippen LogP contribution in [0.5, 0.6) is 5.75 Å². The molecule has 3 aromatic carbocycles. The molecule has 0 aliphatic carbocycles. The van der Waals surface area contributed by atoms with Gasteiger partial charge >= 0.3 is 0 Å². The van der Waals surface area contributed by atoms with E-state index in [4.69, 9.17) is 9.16 Å². The summed E-state index contributed by atoms with van der Waals surface area (Å²) in [5.41, 5.74) is 1.16. The molecule has 0 bridgehead atoms. The van der Waals surface area contributed by atoms with E-state index in [0.717, 1.165) is 24.2 Å². The van der Waals surface area contributed by atoms with Gasteiger partial charge in [0, 0.05) is 19.4 Å². The molecule has 0 unspecified atom stereocenters. The van der Waals surface area contributed by atoms with Crippen LogP contribution in [0.2, 0.25) is 5.04 Å². The predicted molar refractivity (Wildman–Crippen MR) is 139 cm³/mol. The fraction of sp³-hybridized carbons (Fsp3) is 0.345. The topological polar surface area (TPSA) is 35.5 Å². The lowest BCUT2D eigenvalue weighted by Gasteiger charge is -2.43. The van der Waals surface area contributed by atoms with Crippen LogP contribution in [-0.2, 0) is 15.6 Å². The van der Waals surface area contributed by atoms with Gasteiger partial charge in [-0.3, -0.25) is 4.79 Å². The zero-order chi connectivity index (χ0) is 23.7. The van der Waals surface area contributed by atoms with Crippen LogP contribution >= 0.6 is 0 Å². The second kappa shape index (κ2) is 11.4. The van der Waals surface area contributed by atoms with E-state index >= 15 is 0 Å². The normalized spacial score (nSPS) is 11.9. The third kappa shape index (κ3) is 6.21. The minimum Gasteiger partial charge on any atom is -0.497 e. The van der Waals surface area contributed by atoms with Crippen molar-refractivity contribution in [3.8, 4) is 5.75 Å². The largest absolute Gasteiger partial charge is 0.497 e. The van der Waals surface area contributed by atoms with Crippen molar-refractivity contribution in [1.82, 2.24) is 0 Å². The molecule has 3 rings (SSSR count). The lowest BCUT2D eigenvalue weighted by atomic mass is 10.1. The molecule has 0 saturated heterocycles. The monoisotopic (exact) mass is 460 g/mol. The number of methoxy groups -OCH3 is 1. The maximum absolute atomic E-state index is 12.5. The lowest BCUT2D eigenvalue weighted by Crippen LogP contribution is -2.66. The van der Waals surface area contributed by atoms with Crippen molar-refractivity contribution in [3.05, 3.63) is 90.5 Å². The van der Waals surface area contributed by atoms with Gasteiger partial charge in [0.2, 0.25) is 0 Å². The molecule has 4 heteroatoms. The standard InChI is InChI=1S/C29H36O3Si/c1-29(2,3)33(27-13-7-5-8-14-27,28-15-9-6-10-16-28)32-23-11-12-25(30)20-17-24-18-21-26(31-4)22-19-24/h5-10,13-16,18-19,21-22H,11-12,17,20,23H2,1-4H3. The number of ketones is 1. The van der Waals surface area contributed by atoms with Gasteiger partial charge in [0.25, 0.3) is 8.32 Å². The van der Waals surface area contributed by atoms with E-state index in [0.29, 0.717) is 19.4 Å². The van der Waals surface area contributed by atoms with E-state index < -0.39 is 8.32 Å². The minimum atomic E-state index is -2.52. The van der Waals surface area contributed by atoms with Crippen LogP contribution in [0, 0.1) is 0 Å². The Labute approximate surface area is 199 Å². The van der Waals surface area contributed by atoms with Crippen LogP contribution in [0.1, 0.15) is 45.6 Å². The Bertz CT molecular complexity index is 953. The van der Waals surface area contributed by atoms with E-state index in [-0.39, 0.29) is 10.8 Å². The highest BCUT2D eigenvalue weighted by atomic mass is 28.4. The summed E-state index contributed by atoms with van der Waals surface area (Å²) in [5, 5.41) is 2.50.